The smallest absolute Gasteiger partial charge is 0.217 e. The molecule has 132 valence electrons. The lowest BCUT2D eigenvalue weighted by atomic mass is 10.1. The minimum absolute atomic E-state index is 0.305. The van der Waals surface area contributed by atoms with Gasteiger partial charge in [0.15, 0.2) is 0 Å². The number of halogens is 9. The molecule has 1 rings (SSSR count). The van der Waals surface area contributed by atoms with Gasteiger partial charge in [0, 0.05) is 0 Å². The minimum atomic E-state index is -7.26. The predicted octanol–water partition coefficient (Wildman–Crippen LogP) is 4.19. The summed E-state index contributed by atoms with van der Waals surface area (Å²) in [5.41, 5.74) is 0.305. The van der Waals surface area contributed by atoms with E-state index in [1.807, 2.05) is 0 Å². The molecule has 0 atom stereocenters. The second-order valence-corrected chi connectivity index (χ2v) is 6.47. The number of hydrogen-bond donors (Lipinski definition) is 0. The Morgan fingerprint density at radius 3 is 1.48 bits per heavy atom. The lowest BCUT2D eigenvalue weighted by molar-refractivity contribution is -0.382. The SMILES string of the molecule is Cc1ccc(S(=O)(=O)C(F)(F)C(F)(F)C(F)(F)C(F)(F)F)cc1. The Bertz CT molecular complexity index is 674. The van der Waals surface area contributed by atoms with Crippen molar-refractivity contribution in [2.24, 2.45) is 0 Å². The number of alkyl halides is 9. The van der Waals surface area contributed by atoms with Gasteiger partial charge in [0.05, 0.1) is 4.90 Å². The summed E-state index contributed by atoms with van der Waals surface area (Å²) in [5, 5.41) is -6.70. The lowest BCUT2D eigenvalue weighted by Gasteiger charge is -2.33. The number of sulfone groups is 1. The van der Waals surface area contributed by atoms with E-state index in [-0.39, 0.29) is 0 Å². The van der Waals surface area contributed by atoms with E-state index in [2.05, 4.69) is 0 Å². The van der Waals surface area contributed by atoms with Gasteiger partial charge in [-0.15, -0.1) is 0 Å². The third-order valence-corrected chi connectivity index (χ3v) is 4.61. The summed E-state index contributed by atoms with van der Waals surface area (Å²) in [4.78, 5) is -1.52. The Morgan fingerprint density at radius 1 is 0.739 bits per heavy atom. The van der Waals surface area contributed by atoms with Gasteiger partial charge in [-0.1, -0.05) is 17.7 Å². The largest absolute Gasteiger partial charge is 0.460 e. The van der Waals surface area contributed by atoms with Gasteiger partial charge in [-0.2, -0.15) is 39.5 Å². The van der Waals surface area contributed by atoms with E-state index in [4.69, 9.17) is 0 Å². The maximum absolute atomic E-state index is 13.5. The van der Waals surface area contributed by atoms with Crippen molar-refractivity contribution in [3.05, 3.63) is 29.8 Å². The maximum atomic E-state index is 13.5. The van der Waals surface area contributed by atoms with Gasteiger partial charge in [-0.3, -0.25) is 0 Å². The standard InChI is InChI=1S/C11H7F9O2S/c1-6-2-4-7(5-3-6)23(21,22)11(19,20)9(14,15)8(12,13)10(16,17)18/h2-5H,1H3. The van der Waals surface area contributed by atoms with E-state index >= 15 is 0 Å². The van der Waals surface area contributed by atoms with Crippen molar-refractivity contribution in [3.63, 3.8) is 0 Å². The molecule has 12 heteroatoms. The minimum Gasteiger partial charge on any atom is -0.217 e. The van der Waals surface area contributed by atoms with Crippen LogP contribution in [0.4, 0.5) is 39.5 Å². The molecule has 0 bridgehead atoms. The fourth-order valence-electron chi connectivity index (χ4n) is 1.39. The second kappa shape index (κ2) is 5.28. The highest BCUT2D eigenvalue weighted by atomic mass is 32.2. The molecular weight excluding hydrogens is 367 g/mol. The highest BCUT2D eigenvalue weighted by molar-refractivity contribution is 7.92. The first-order valence-corrected chi connectivity index (χ1v) is 7.00. The third-order valence-electron chi connectivity index (χ3n) is 2.78. The molecule has 1 aromatic rings. The van der Waals surface area contributed by atoms with E-state index in [9.17, 15) is 47.9 Å². The normalized spacial score (nSPS) is 14.9. The van der Waals surface area contributed by atoms with Crippen LogP contribution in [0.5, 0.6) is 0 Å². The number of rotatable bonds is 4. The summed E-state index contributed by atoms with van der Waals surface area (Å²) in [6.07, 6.45) is -7.08. The topological polar surface area (TPSA) is 34.1 Å². The molecule has 2 nitrogen and oxygen atoms in total. The summed E-state index contributed by atoms with van der Waals surface area (Å²) in [7, 11) is -6.52. The van der Waals surface area contributed by atoms with Crippen LogP contribution in [0.15, 0.2) is 29.2 Å². The van der Waals surface area contributed by atoms with Gasteiger partial charge < -0.3 is 0 Å². The zero-order chi connectivity index (χ0) is 18.5. The Balaban J connectivity index is 3.53. The summed E-state index contributed by atoms with van der Waals surface area (Å²) in [6.45, 7) is 1.36. The van der Waals surface area contributed by atoms with Gasteiger partial charge >= 0.3 is 23.3 Å². The van der Waals surface area contributed by atoms with E-state index in [1.165, 1.54) is 6.92 Å². The molecule has 0 aromatic heterocycles. The molecule has 0 saturated carbocycles. The molecule has 0 radical (unpaired) electrons. The summed E-state index contributed by atoms with van der Waals surface area (Å²) < 4.78 is 137. The zero-order valence-electron chi connectivity index (χ0n) is 10.9. The number of aryl methyl sites for hydroxylation is 1. The van der Waals surface area contributed by atoms with E-state index in [0.29, 0.717) is 17.7 Å². The van der Waals surface area contributed by atoms with E-state index < -0.39 is 38.0 Å². The Morgan fingerprint density at radius 2 is 1.13 bits per heavy atom. The summed E-state index contributed by atoms with van der Waals surface area (Å²) >= 11 is 0. The first-order valence-electron chi connectivity index (χ1n) is 5.51. The highest BCUT2D eigenvalue weighted by Gasteiger charge is 2.85. The summed E-state index contributed by atoms with van der Waals surface area (Å²) in [5.74, 6) is -14.5. The predicted molar refractivity (Wildman–Crippen MR) is 59.3 cm³/mol. The highest BCUT2D eigenvalue weighted by Crippen LogP contribution is 2.55. The van der Waals surface area contributed by atoms with Crippen LogP contribution in [0.3, 0.4) is 0 Å². The quantitative estimate of drug-likeness (QED) is 0.741. The molecule has 0 amide bonds. The van der Waals surface area contributed by atoms with Gasteiger partial charge in [0.25, 0.3) is 0 Å². The maximum Gasteiger partial charge on any atom is 0.460 e. The van der Waals surface area contributed by atoms with E-state index in [0.717, 1.165) is 12.1 Å². The molecule has 0 heterocycles. The fraction of sp³-hybridized carbons (Fsp3) is 0.455. The van der Waals surface area contributed by atoms with Crippen LogP contribution in [0.25, 0.3) is 0 Å². The van der Waals surface area contributed by atoms with Crippen molar-refractivity contribution < 1.29 is 47.9 Å². The van der Waals surface area contributed by atoms with Crippen LogP contribution < -0.4 is 0 Å². The molecule has 1 aromatic carbocycles. The van der Waals surface area contributed by atoms with Gasteiger partial charge in [-0.05, 0) is 19.1 Å². The molecule has 0 spiro atoms. The summed E-state index contributed by atoms with van der Waals surface area (Å²) in [6, 6.07) is 2.53. The van der Waals surface area contributed by atoms with Crippen molar-refractivity contribution in [1.29, 1.82) is 0 Å². The van der Waals surface area contributed by atoms with Crippen LogP contribution in [-0.4, -0.2) is 31.7 Å². The molecule has 23 heavy (non-hydrogen) atoms. The van der Waals surface area contributed by atoms with Crippen LogP contribution in [-0.2, 0) is 9.84 Å². The third kappa shape index (κ3) is 2.76. The van der Waals surface area contributed by atoms with Crippen molar-refractivity contribution in [1.82, 2.24) is 0 Å². The lowest BCUT2D eigenvalue weighted by Crippen LogP contribution is -2.63. The van der Waals surface area contributed by atoms with Gasteiger partial charge in [0.2, 0.25) is 9.84 Å². The van der Waals surface area contributed by atoms with Crippen molar-refractivity contribution >= 4 is 9.84 Å². The fourth-order valence-corrected chi connectivity index (χ4v) is 2.65. The number of benzene rings is 1. The molecular formula is C11H7F9O2S. The molecule has 0 saturated heterocycles. The van der Waals surface area contributed by atoms with Crippen LogP contribution in [0.1, 0.15) is 5.56 Å². The Kier molecular flexibility index (Phi) is 4.50. The monoisotopic (exact) mass is 374 g/mol. The average molecular weight is 374 g/mol. The van der Waals surface area contributed by atoms with Crippen molar-refractivity contribution in [2.45, 2.75) is 35.1 Å². The zero-order valence-corrected chi connectivity index (χ0v) is 11.8. The first kappa shape index (κ1) is 19.6. The Hall–Kier alpha value is -1.46. The molecule has 0 aliphatic carbocycles. The van der Waals surface area contributed by atoms with Gasteiger partial charge in [0.1, 0.15) is 0 Å². The molecule has 0 fully saturated rings. The second-order valence-electron chi connectivity index (χ2n) is 4.48. The van der Waals surface area contributed by atoms with Crippen LogP contribution in [0.2, 0.25) is 0 Å². The van der Waals surface area contributed by atoms with Crippen molar-refractivity contribution in [2.75, 3.05) is 0 Å². The van der Waals surface area contributed by atoms with Crippen LogP contribution in [0, 0.1) is 6.92 Å². The molecule has 0 aliphatic heterocycles. The number of hydrogen-bond acceptors (Lipinski definition) is 2. The van der Waals surface area contributed by atoms with Crippen LogP contribution >= 0.6 is 0 Å². The van der Waals surface area contributed by atoms with E-state index in [1.54, 1.807) is 0 Å². The first-order chi connectivity index (χ1) is 10.00. The average Bonchev–Trinajstić information content (AvgIpc) is 2.37. The van der Waals surface area contributed by atoms with Crippen molar-refractivity contribution in [3.8, 4) is 0 Å². The molecule has 0 aliphatic rings. The van der Waals surface area contributed by atoms with Gasteiger partial charge in [-0.25, -0.2) is 8.42 Å². The molecule has 0 unspecified atom stereocenters. The Labute approximate surface area is 123 Å². The molecule has 0 N–H and O–H groups in total.